The minimum Gasteiger partial charge on any atom is -0.481 e. The van der Waals surface area contributed by atoms with Gasteiger partial charge in [0, 0.05) is 25.4 Å². The molecule has 7 nitrogen and oxygen atoms in total. The Morgan fingerprint density at radius 3 is 2.95 bits per heavy atom. The number of morpholine rings is 1. The van der Waals surface area contributed by atoms with Crippen LogP contribution in [-0.4, -0.2) is 59.3 Å². The van der Waals surface area contributed by atoms with Crippen LogP contribution in [0.1, 0.15) is 23.7 Å². The molecule has 0 saturated carbocycles. The highest BCUT2D eigenvalue weighted by Gasteiger charge is 2.26. The van der Waals surface area contributed by atoms with Gasteiger partial charge < -0.3 is 19.5 Å². The fourth-order valence-corrected chi connectivity index (χ4v) is 2.14. The molecule has 0 aliphatic carbocycles. The van der Waals surface area contributed by atoms with Crippen LogP contribution in [0.15, 0.2) is 18.3 Å². The maximum absolute atomic E-state index is 12.3. The number of aliphatic carboxylic acids is 1. The first-order chi connectivity index (χ1) is 10.1. The first kappa shape index (κ1) is 15.2. The lowest BCUT2D eigenvalue weighted by molar-refractivity contribution is -0.141. The predicted octanol–water partition coefficient (Wildman–Crippen LogP) is 0.796. The molecule has 0 bridgehead atoms. The van der Waals surface area contributed by atoms with Gasteiger partial charge in [-0.25, -0.2) is 4.98 Å². The molecule has 1 saturated heterocycles. The minimum absolute atomic E-state index is 0.106. The van der Waals surface area contributed by atoms with Crippen LogP contribution in [-0.2, 0) is 9.53 Å². The number of carboxylic acids is 1. The number of nitrogens with zero attached hydrogens (tertiary/aromatic N) is 2. The van der Waals surface area contributed by atoms with Gasteiger partial charge in [0.05, 0.1) is 31.3 Å². The van der Waals surface area contributed by atoms with Gasteiger partial charge in [0.25, 0.3) is 5.91 Å². The van der Waals surface area contributed by atoms with Crippen LogP contribution in [0.4, 0.5) is 0 Å². The molecular formula is C14H18N2O5. The monoisotopic (exact) mass is 294 g/mol. The summed E-state index contributed by atoms with van der Waals surface area (Å²) in [5, 5.41) is 8.78. The number of carbonyl (C=O) groups excluding carboxylic acids is 1. The van der Waals surface area contributed by atoms with Crippen molar-refractivity contribution in [2.24, 2.45) is 0 Å². The number of rotatable bonds is 5. The molecule has 1 aromatic heterocycles. The van der Waals surface area contributed by atoms with Crippen LogP contribution in [0.2, 0.25) is 0 Å². The Morgan fingerprint density at radius 2 is 2.33 bits per heavy atom. The number of hydrogen-bond acceptors (Lipinski definition) is 5. The molecule has 0 unspecified atom stereocenters. The molecule has 1 N–H and O–H groups in total. The zero-order valence-corrected chi connectivity index (χ0v) is 11.8. The third kappa shape index (κ3) is 4.16. The maximum atomic E-state index is 12.3. The second-order valence-corrected chi connectivity index (χ2v) is 4.66. The zero-order valence-electron chi connectivity index (χ0n) is 11.8. The molecule has 2 rings (SSSR count). The number of carbonyl (C=O) groups is 2. The van der Waals surface area contributed by atoms with Gasteiger partial charge in [-0.15, -0.1) is 0 Å². The summed E-state index contributed by atoms with van der Waals surface area (Å²) in [5.41, 5.74) is 0.453. The van der Waals surface area contributed by atoms with Crippen LogP contribution in [0, 0.1) is 0 Å². The van der Waals surface area contributed by atoms with Gasteiger partial charge in [0.2, 0.25) is 5.88 Å². The van der Waals surface area contributed by atoms with Gasteiger partial charge in [0.1, 0.15) is 0 Å². The average molecular weight is 294 g/mol. The number of carboxylic acid groups (broad SMARTS) is 1. The third-order valence-corrected chi connectivity index (χ3v) is 3.10. The Kier molecular flexibility index (Phi) is 5.10. The fourth-order valence-electron chi connectivity index (χ4n) is 2.14. The molecule has 1 atom stereocenters. The van der Waals surface area contributed by atoms with Crippen molar-refractivity contribution >= 4 is 11.9 Å². The van der Waals surface area contributed by atoms with Crippen molar-refractivity contribution in [1.82, 2.24) is 9.88 Å². The lowest BCUT2D eigenvalue weighted by Crippen LogP contribution is -2.46. The minimum atomic E-state index is -0.933. The van der Waals surface area contributed by atoms with E-state index in [2.05, 4.69) is 4.98 Å². The van der Waals surface area contributed by atoms with E-state index in [-0.39, 0.29) is 18.9 Å². The van der Waals surface area contributed by atoms with Crippen molar-refractivity contribution in [3.05, 3.63) is 23.9 Å². The number of aromatic nitrogens is 1. The lowest BCUT2D eigenvalue weighted by atomic mass is 10.1. The van der Waals surface area contributed by atoms with E-state index in [4.69, 9.17) is 14.6 Å². The van der Waals surface area contributed by atoms with Crippen LogP contribution < -0.4 is 4.74 Å². The summed E-state index contributed by atoms with van der Waals surface area (Å²) in [4.78, 5) is 28.7. The van der Waals surface area contributed by atoms with Crippen molar-refractivity contribution < 1.29 is 24.2 Å². The van der Waals surface area contributed by atoms with E-state index in [0.717, 1.165) is 0 Å². The first-order valence-electron chi connectivity index (χ1n) is 6.81. The van der Waals surface area contributed by atoms with Gasteiger partial charge in [-0.3, -0.25) is 9.59 Å². The van der Waals surface area contributed by atoms with E-state index in [1.54, 1.807) is 17.0 Å². The number of amides is 1. The van der Waals surface area contributed by atoms with E-state index >= 15 is 0 Å². The van der Waals surface area contributed by atoms with Gasteiger partial charge >= 0.3 is 5.97 Å². The molecule has 0 spiro atoms. The van der Waals surface area contributed by atoms with Crippen molar-refractivity contribution in [3.63, 3.8) is 0 Å². The zero-order chi connectivity index (χ0) is 15.2. The molecule has 1 aliphatic heterocycles. The molecular weight excluding hydrogens is 276 g/mol. The average Bonchev–Trinajstić information content (AvgIpc) is 2.47. The lowest BCUT2D eigenvalue weighted by Gasteiger charge is -2.32. The standard InChI is InChI=1S/C14H18N2O5/c1-2-20-12-4-3-10(8-15-12)14(19)16-5-6-21-11(9-16)7-13(17)18/h3-4,8,11H,2,5-7,9H2,1H3,(H,17,18)/t11-/m1/s1. The summed E-state index contributed by atoms with van der Waals surface area (Å²) < 4.78 is 10.6. The highest BCUT2D eigenvalue weighted by atomic mass is 16.5. The van der Waals surface area contributed by atoms with Gasteiger partial charge in [0.15, 0.2) is 0 Å². The highest BCUT2D eigenvalue weighted by molar-refractivity contribution is 5.94. The Balaban J connectivity index is 1.99. The molecule has 0 aromatic carbocycles. The molecule has 1 fully saturated rings. The molecule has 2 heterocycles. The molecule has 21 heavy (non-hydrogen) atoms. The van der Waals surface area contributed by atoms with Crippen molar-refractivity contribution in [2.45, 2.75) is 19.4 Å². The highest BCUT2D eigenvalue weighted by Crippen LogP contribution is 2.14. The topological polar surface area (TPSA) is 89.0 Å². The summed E-state index contributed by atoms with van der Waals surface area (Å²) in [5.74, 6) is -0.638. The van der Waals surface area contributed by atoms with Crippen LogP contribution >= 0.6 is 0 Å². The molecule has 1 amide bonds. The molecule has 1 aliphatic rings. The Labute approximate surface area is 122 Å². The number of pyridine rings is 1. The van der Waals surface area contributed by atoms with Gasteiger partial charge in [-0.2, -0.15) is 0 Å². The summed E-state index contributed by atoms with van der Waals surface area (Å²) in [6, 6.07) is 3.30. The van der Waals surface area contributed by atoms with E-state index in [1.165, 1.54) is 6.20 Å². The Bertz CT molecular complexity index is 503. The summed E-state index contributed by atoms with van der Waals surface area (Å²) in [6.45, 7) is 3.44. The van der Waals surface area contributed by atoms with Crippen molar-refractivity contribution in [2.75, 3.05) is 26.3 Å². The normalized spacial score (nSPS) is 18.3. The SMILES string of the molecule is CCOc1ccc(C(=O)N2CCO[C@H](CC(=O)O)C2)cn1. The molecule has 114 valence electrons. The summed E-state index contributed by atoms with van der Waals surface area (Å²) >= 11 is 0. The van der Waals surface area contributed by atoms with Gasteiger partial charge in [-0.05, 0) is 13.0 Å². The maximum Gasteiger partial charge on any atom is 0.306 e. The van der Waals surface area contributed by atoms with Crippen molar-refractivity contribution in [1.29, 1.82) is 0 Å². The molecule has 0 radical (unpaired) electrons. The Morgan fingerprint density at radius 1 is 1.52 bits per heavy atom. The van der Waals surface area contributed by atoms with Crippen LogP contribution in [0.3, 0.4) is 0 Å². The Hall–Kier alpha value is -2.15. The van der Waals surface area contributed by atoms with Gasteiger partial charge in [-0.1, -0.05) is 0 Å². The molecule has 7 heteroatoms. The van der Waals surface area contributed by atoms with E-state index in [9.17, 15) is 9.59 Å². The second kappa shape index (κ2) is 7.03. The summed E-state index contributed by atoms with van der Waals surface area (Å²) in [6.07, 6.45) is 0.899. The van der Waals surface area contributed by atoms with E-state index in [0.29, 0.717) is 31.2 Å². The van der Waals surface area contributed by atoms with E-state index < -0.39 is 12.1 Å². The quantitative estimate of drug-likeness (QED) is 0.864. The van der Waals surface area contributed by atoms with Crippen molar-refractivity contribution in [3.8, 4) is 5.88 Å². The largest absolute Gasteiger partial charge is 0.481 e. The van der Waals surface area contributed by atoms with E-state index in [1.807, 2.05) is 6.92 Å². The molecule has 1 aromatic rings. The smallest absolute Gasteiger partial charge is 0.306 e. The first-order valence-corrected chi connectivity index (χ1v) is 6.81. The van der Waals surface area contributed by atoms with Crippen LogP contribution in [0.5, 0.6) is 5.88 Å². The fraction of sp³-hybridized carbons (Fsp3) is 0.500. The second-order valence-electron chi connectivity index (χ2n) is 4.66. The third-order valence-electron chi connectivity index (χ3n) is 3.10. The van der Waals surface area contributed by atoms with Crippen LogP contribution in [0.25, 0.3) is 0 Å². The predicted molar refractivity (Wildman–Crippen MR) is 73.3 cm³/mol. The number of ether oxygens (including phenoxy) is 2. The summed E-state index contributed by atoms with van der Waals surface area (Å²) in [7, 11) is 0. The number of hydrogen-bond donors (Lipinski definition) is 1.